The van der Waals surface area contributed by atoms with Gasteiger partial charge in [0, 0.05) is 18.8 Å². The van der Waals surface area contributed by atoms with Crippen molar-refractivity contribution in [3.63, 3.8) is 0 Å². The third-order valence-electron chi connectivity index (χ3n) is 3.06. The van der Waals surface area contributed by atoms with Crippen molar-refractivity contribution < 1.29 is 0 Å². The van der Waals surface area contributed by atoms with E-state index in [4.69, 9.17) is 5.73 Å². The fourth-order valence-electron chi connectivity index (χ4n) is 2.15. The number of hydrogen-bond donors (Lipinski definition) is 1. The fraction of sp³-hybridized carbons (Fsp3) is 0.143. The summed E-state index contributed by atoms with van der Waals surface area (Å²) in [5.74, 6) is 0. The molecule has 0 amide bonds. The number of nitrogens with two attached hydrogens (primary N) is 1. The molecular weight excluding hydrogens is 238 g/mol. The van der Waals surface area contributed by atoms with E-state index in [9.17, 15) is 0 Å². The lowest BCUT2D eigenvalue weighted by Gasteiger charge is -2.01. The van der Waals surface area contributed by atoms with Crippen molar-refractivity contribution in [2.45, 2.75) is 6.54 Å². The maximum atomic E-state index is 5.91. The van der Waals surface area contributed by atoms with Gasteiger partial charge in [-0.05, 0) is 5.56 Å². The Bertz CT molecular complexity index is 661. The van der Waals surface area contributed by atoms with Crippen LogP contribution < -0.4 is 5.73 Å². The first-order valence-electron chi connectivity index (χ1n) is 6.08. The van der Waals surface area contributed by atoms with E-state index >= 15 is 0 Å². The van der Waals surface area contributed by atoms with Gasteiger partial charge in [-0.25, -0.2) is 0 Å². The summed E-state index contributed by atoms with van der Waals surface area (Å²) < 4.78 is 3.66. The summed E-state index contributed by atoms with van der Waals surface area (Å²) in [7, 11) is 1.88. The van der Waals surface area contributed by atoms with Crippen LogP contribution in [0.2, 0.25) is 0 Å². The van der Waals surface area contributed by atoms with Crippen molar-refractivity contribution in [1.29, 1.82) is 0 Å². The molecule has 0 aliphatic heterocycles. The molecule has 19 heavy (non-hydrogen) atoms. The fourth-order valence-corrected chi connectivity index (χ4v) is 2.15. The number of aryl methyl sites for hydroxylation is 1. The average Bonchev–Trinajstić information content (AvgIpc) is 2.98. The predicted molar refractivity (Wildman–Crippen MR) is 74.4 cm³/mol. The number of benzene rings is 1. The van der Waals surface area contributed by atoms with Crippen molar-refractivity contribution in [2.75, 3.05) is 5.73 Å². The minimum atomic E-state index is 0.668. The second kappa shape index (κ2) is 4.61. The van der Waals surface area contributed by atoms with E-state index in [1.807, 2.05) is 42.3 Å². The van der Waals surface area contributed by atoms with E-state index in [1.54, 1.807) is 10.9 Å². The Hall–Kier alpha value is -2.56. The van der Waals surface area contributed by atoms with Gasteiger partial charge in [0.2, 0.25) is 0 Å². The molecule has 0 radical (unpaired) electrons. The summed E-state index contributed by atoms with van der Waals surface area (Å²) in [5.41, 5.74) is 9.68. The summed E-state index contributed by atoms with van der Waals surface area (Å²) in [4.78, 5) is 0. The number of hydrogen-bond acceptors (Lipinski definition) is 3. The lowest BCUT2D eigenvalue weighted by atomic mass is 10.2. The average molecular weight is 253 g/mol. The van der Waals surface area contributed by atoms with Crippen molar-refractivity contribution in [3.8, 4) is 11.3 Å². The number of aromatic nitrogens is 4. The smallest absolute Gasteiger partial charge is 0.0940 e. The molecule has 5 nitrogen and oxygen atoms in total. The molecule has 0 saturated carbocycles. The summed E-state index contributed by atoms with van der Waals surface area (Å²) in [6.07, 6.45) is 5.46. The molecule has 2 N–H and O–H groups in total. The van der Waals surface area contributed by atoms with Gasteiger partial charge in [0.05, 0.1) is 30.3 Å². The molecule has 0 bridgehead atoms. The van der Waals surface area contributed by atoms with Gasteiger partial charge in [-0.3, -0.25) is 9.36 Å². The molecule has 0 fully saturated rings. The highest BCUT2D eigenvalue weighted by Gasteiger charge is 2.10. The Balaban J connectivity index is 1.88. The van der Waals surface area contributed by atoms with Crippen LogP contribution in [0.1, 0.15) is 5.56 Å². The van der Waals surface area contributed by atoms with Crippen molar-refractivity contribution >= 4 is 5.69 Å². The van der Waals surface area contributed by atoms with Gasteiger partial charge in [-0.2, -0.15) is 10.2 Å². The zero-order valence-corrected chi connectivity index (χ0v) is 10.7. The Morgan fingerprint density at radius 2 is 1.89 bits per heavy atom. The Morgan fingerprint density at radius 1 is 1.11 bits per heavy atom. The summed E-state index contributed by atoms with van der Waals surface area (Å²) in [6, 6.07) is 10.2. The van der Waals surface area contributed by atoms with Crippen LogP contribution in [0.25, 0.3) is 11.3 Å². The van der Waals surface area contributed by atoms with Crippen LogP contribution in [0.15, 0.2) is 48.9 Å². The quantitative estimate of drug-likeness (QED) is 0.775. The van der Waals surface area contributed by atoms with E-state index in [0.717, 1.165) is 17.8 Å². The van der Waals surface area contributed by atoms with Crippen molar-refractivity contribution in [2.24, 2.45) is 7.05 Å². The lowest BCUT2D eigenvalue weighted by molar-refractivity contribution is 0.687. The van der Waals surface area contributed by atoms with E-state index < -0.39 is 0 Å². The standard InChI is InChI=1S/C14H15N5/c1-18-14(13(15)8-16-18)12-7-17-19(10-12)9-11-5-3-2-4-6-11/h2-8,10H,9,15H2,1H3. The van der Waals surface area contributed by atoms with Crippen LogP contribution in [0.4, 0.5) is 5.69 Å². The number of anilines is 1. The van der Waals surface area contributed by atoms with Crippen LogP contribution in [-0.4, -0.2) is 19.6 Å². The van der Waals surface area contributed by atoms with E-state index in [-0.39, 0.29) is 0 Å². The summed E-state index contributed by atoms with van der Waals surface area (Å²) in [6.45, 7) is 0.749. The summed E-state index contributed by atoms with van der Waals surface area (Å²) >= 11 is 0. The molecule has 0 aliphatic carbocycles. The third-order valence-corrected chi connectivity index (χ3v) is 3.06. The molecule has 2 heterocycles. The number of nitrogens with zero attached hydrogens (tertiary/aromatic N) is 4. The highest BCUT2D eigenvalue weighted by Crippen LogP contribution is 2.24. The van der Waals surface area contributed by atoms with E-state index in [2.05, 4.69) is 22.3 Å². The molecule has 5 heteroatoms. The normalized spacial score (nSPS) is 10.8. The Labute approximate surface area is 111 Å². The zero-order valence-electron chi connectivity index (χ0n) is 10.7. The van der Waals surface area contributed by atoms with Gasteiger partial charge in [-0.1, -0.05) is 30.3 Å². The van der Waals surface area contributed by atoms with Gasteiger partial charge in [0.1, 0.15) is 0 Å². The van der Waals surface area contributed by atoms with Gasteiger partial charge in [-0.15, -0.1) is 0 Å². The second-order valence-electron chi connectivity index (χ2n) is 4.48. The first kappa shape index (κ1) is 11.5. The highest BCUT2D eigenvalue weighted by molar-refractivity contribution is 5.71. The summed E-state index contributed by atoms with van der Waals surface area (Å²) in [5, 5.41) is 8.51. The van der Waals surface area contributed by atoms with Crippen LogP contribution in [-0.2, 0) is 13.6 Å². The first-order valence-corrected chi connectivity index (χ1v) is 6.08. The molecule has 2 aromatic heterocycles. The molecule has 0 saturated heterocycles. The van der Waals surface area contributed by atoms with Crippen LogP contribution in [0.5, 0.6) is 0 Å². The lowest BCUT2D eigenvalue weighted by Crippen LogP contribution is -1.99. The molecule has 3 aromatic rings. The Morgan fingerprint density at radius 3 is 2.58 bits per heavy atom. The van der Waals surface area contributed by atoms with Gasteiger partial charge in [0.25, 0.3) is 0 Å². The van der Waals surface area contributed by atoms with Crippen LogP contribution in [0.3, 0.4) is 0 Å². The highest BCUT2D eigenvalue weighted by atomic mass is 15.3. The number of rotatable bonds is 3. The molecule has 1 aromatic carbocycles. The van der Waals surface area contributed by atoms with E-state index in [0.29, 0.717) is 5.69 Å². The second-order valence-corrected chi connectivity index (χ2v) is 4.48. The van der Waals surface area contributed by atoms with Gasteiger partial charge >= 0.3 is 0 Å². The van der Waals surface area contributed by atoms with Crippen molar-refractivity contribution in [3.05, 3.63) is 54.5 Å². The molecule has 0 unspecified atom stereocenters. The monoisotopic (exact) mass is 253 g/mol. The zero-order chi connectivity index (χ0) is 13.2. The molecule has 0 aliphatic rings. The molecular formula is C14H15N5. The SMILES string of the molecule is Cn1ncc(N)c1-c1cnn(Cc2ccccc2)c1. The molecule has 3 rings (SSSR count). The predicted octanol–water partition coefficient (Wildman–Crippen LogP) is 1.91. The van der Waals surface area contributed by atoms with Crippen LogP contribution in [0, 0.1) is 0 Å². The molecule has 0 spiro atoms. The number of nitrogen functional groups attached to an aromatic ring is 1. The maximum absolute atomic E-state index is 5.91. The largest absolute Gasteiger partial charge is 0.396 e. The molecule has 96 valence electrons. The molecule has 0 atom stereocenters. The van der Waals surface area contributed by atoms with Crippen molar-refractivity contribution in [1.82, 2.24) is 19.6 Å². The maximum Gasteiger partial charge on any atom is 0.0940 e. The Kier molecular flexibility index (Phi) is 2.79. The van der Waals surface area contributed by atoms with E-state index in [1.165, 1.54) is 5.56 Å². The minimum Gasteiger partial charge on any atom is -0.396 e. The van der Waals surface area contributed by atoms with Crippen LogP contribution >= 0.6 is 0 Å². The minimum absolute atomic E-state index is 0.668. The topological polar surface area (TPSA) is 61.7 Å². The first-order chi connectivity index (χ1) is 9.24. The third kappa shape index (κ3) is 2.22. The van der Waals surface area contributed by atoms with Gasteiger partial charge < -0.3 is 5.73 Å². The van der Waals surface area contributed by atoms with Gasteiger partial charge in [0.15, 0.2) is 0 Å².